The minimum atomic E-state index is -0.276. The Bertz CT molecular complexity index is 280. The number of hydrogen-bond acceptors (Lipinski definition) is 4. The van der Waals surface area contributed by atoms with Gasteiger partial charge in [-0.1, -0.05) is 0 Å². The number of ether oxygens (including phenoxy) is 2. The van der Waals surface area contributed by atoms with Crippen molar-refractivity contribution in [2.45, 2.75) is 65.5 Å². The lowest BCUT2D eigenvalue weighted by Gasteiger charge is -2.20. The van der Waals surface area contributed by atoms with Crippen molar-refractivity contribution in [3.8, 4) is 0 Å². The quantitative estimate of drug-likeness (QED) is 0.607. The molecule has 0 heterocycles. The van der Waals surface area contributed by atoms with Crippen LogP contribution in [0.4, 0.5) is 0 Å². The predicted octanol–water partition coefficient (Wildman–Crippen LogP) is 2.10. The molecule has 1 amide bonds. The van der Waals surface area contributed by atoms with Gasteiger partial charge in [-0.15, -0.1) is 0 Å². The Kier molecular flexibility index (Phi) is 9.83. The van der Waals surface area contributed by atoms with Crippen LogP contribution >= 0.6 is 0 Å². The predicted molar refractivity (Wildman–Crippen MR) is 86.5 cm³/mol. The van der Waals surface area contributed by atoms with Crippen molar-refractivity contribution in [1.29, 1.82) is 0 Å². The Morgan fingerprint density at radius 1 is 0.952 bits per heavy atom. The van der Waals surface area contributed by atoms with E-state index >= 15 is 0 Å². The third kappa shape index (κ3) is 17.3. The average Bonchev–Trinajstić information content (AvgIpc) is 2.32. The van der Waals surface area contributed by atoms with E-state index in [0.29, 0.717) is 13.2 Å². The van der Waals surface area contributed by atoms with Crippen LogP contribution < -0.4 is 10.6 Å². The molecular weight excluding hydrogens is 268 g/mol. The second kappa shape index (κ2) is 10.1. The second-order valence-corrected chi connectivity index (χ2v) is 7.25. The Morgan fingerprint density at radius 3 is 2.05 bits per heavy atom. The van der Waals surface area contributed by atoms with Gasteiger partial charge >= 0.3 is 0 Å². The highest BCUT2D eigenvalue weighted by molar-refractivity contribution is 5.77. The minimum absolute atomic E-state index is 0.0701. The number of rotatable bonds is 10. The van der Waals surface area contributed by atoms with E-state index in [4.69, 9.17) is 9.47 Å². The maximum atomic E-state index is 11.5. The summed E-state index contributed by atoms with van der Waals surface area (Å²) in [5, 5.41) is 6.24. The Morgan fingerprint density at radius 2 is 1.52 bits per heavy atom. The molecule has 2 N–H and O–H groups in total. The molecule has 0 bridgehead atoms. The first-order chi connectivity index (χ1) is 9.60. The molecule has 0 saturated carbocycles. The maximum absolute atomic E-state index is 11.5. The lowest BCUT2D eigenvalue weighted by atomic mass is 10.1. The summed E-state index contributed by atoms with van der Waals surface area (Å²) in [6.07, 6.45) is 1.83. The highest BCUT2D eigenvalue weighted by Gasteiger charge is 2.12. The van der Waals surface area contributed by atoms with E-state index in [1.165, 1.54) is 0 Å². The van der Waals surface area contributed by atoms with Gasteiger partial charge in [-0.25, -0.2) is 0 Å². The van der Waals surface area contributed by atoms with Crippen molar-refractivity contribution in [2.75, 3.05) is 32.9 Å². The molecule has 5 heteroatoms. The fourth-order valence-electron chi connectivity index (χ4n) is 1.47. The van der Waals surface area contributed by atoms with Crippen LogP contribution in [0.15, 0.2) is 0 Å². The maximum Gasteiger partial charge on any atom is 0.246 e. The Balaban J connectivity index is 3.31. The lowest BCUT2D eigenvalue weighted by Crippen LogP contribution is -2.36. The molecule has 0 aromatic heterocycles. The van der Waals surface area contributed by atoms with Gasteiger partial charge < -0.3 is 20.1 Å². The van der Waals surface area contributed by atoms with Crippen molar-refractivity contribution in [2.24, 2.45) is 0 Å². The van der Waals surface area contributed by atoms with Gasteiger partial charge in [0.05, 0.1) is 5.60 Å². The van der Waals surface area contributed by atoms with Gasteiger partial charge in [-0.3, -0.25) is 4.79 Å². The Hall–Kier alpha value is -0.650. The van der Waals surface area contributed by atoms with Gasteiger partial charge in [0.15, 0.2) is 0 Å². The van der Waals surface area contributed by atoms with Gasteiger partial charge in [0.1, 0.15) is 6.61 Å². The van der Waals surface area contributed by atoms with Crippen LogP contribution in [-0.4, -0.2) is 50.0 Å². The van der Waals surface area contributed by atoms with Crippen LogP contribution in [0.5, 0.6) is 0 Å². The molecule has 0 unspecified atom stereocenters. The molecule has 0 rings (SSSR count). The van der Waals surface area contributed by atoms with Crippen molar-refractivity contribution in [1.82, 2.24) is 10.6 Å². The summed E-state index contributed by atoms with van der Waals surface area (Å²) in [7, 11) is 0. The molecule has 0 aromatic carbocycles. The number of hydrogen-bond donors (Lipinski definition) is 2. The number of amides is 1. The summed E-state index contributed by atoms with van der Waals surface area (Å²) in [5.74, 6) is -0.0701. The molecule has 21 heavy (non-hydrogen) atoms. The van der Waals surface area contributed by atoms with Crippen molar-refractivity contribution < 1.29 is 14.3 Å². The summed E-state index contributed by atoms with van der Waals surface area (Å²) in [6, 6.07) is 0. The second-order valence-electron chi connectivity index (χ2n) is 7.25. The Labute approximate surface area is 130 Å². The third-order valence-corrected chi connectivity index (χ3v) is 2.54. The number of carbonyl (C=O) groups is 1. The van der Waals surface area contributed by atoms with E-state index in [2.05, 4.69) is 31.4 Å². The average molecular weight is 302 g/mol. The zero-order valence-corrected chi connectivity index (χ0v) is 14.7. The van der Waals surface area contributed by atoms with Crippen molar-refractivity contribution in [3.63, 3.8) is 0 Å². The summed E-state index contributed by atoms with van der Waals surface area (Å²) in [4.78, 5) is 11.5. The minimum Gasteiger partial charge on any atom is -0.381 e. The van der Waals surface area contributed by atoms with E-state index in [1.54, 1.807) is 0 Å². The monoisotopic (exact) mass is 302 g/mol. The van der Waals surface area contributed by atoms with Crippen LogP contribution in [-0.2, 0) is 14.3 Å². The summed E-state index contributed by atoms with van der Waals surface area (Å²) < 4.78 is 10.9. The fourth-order valence-corrected chi connectivity index (χ4v) is 1.47. The smallest absolute Gasteiger partial charge is 0.246 e. The first-order valence-electron chi connectivity index (χ1n) is 7.83. The summed E-state index contributed by atoms with van der Waals surface area (Å²) in [5.41, 5.74) is -0.110. The van der Waals surface area contributed by atoms with Crippen molar-refractivity contribution in [3.05, 3.63) is 0 Å². The van der Waals surface area contributed by atoms with E-state index in [9.17, 15) is 4.79 Å². The first kappa shape index (κ1) is 20.3. The molecule has 0 atom stereocenters. The fraction of sp³-hybridized carbons (Fsp3) is 0.938. The third-order valence-electron chi connectivity index (χ3n) is 2.54. The molecule has 0 saturated heterocycles. The summed E-state index contributed by atoms with van der Waals surface area (Å²) >= 11 is 0. The number of nitrogens with one attached hydrogen (secondary N) is 2. The molecule has 0 aliphatic rings. The standard InChI is InChI=1S/C16H34N2O3/c1-15(2,3)18-10-8-12-20-11-7-9-17-14(19)13-21-16(4,5)6/h18H,7-13H2,1-6H3,(H,17,19). The molecule has 0 aliphatic carbocycles. The van der Waals surface area contributed by atoms with E-state index in [1.807, 2.05) is 20.8 Å². The van der Waals surface area contributed by atoms with Gasteiger partial charge in [-0.05, 0) is 60.9 Å². The van der Waals surface area contributed by atoms with Crippen LogP contribution in [0.3, 0.4) is 0 Å². The van der Waals surface area contributed by atoms with Gasteiger partial charge in [0.25, 0.3) is 0 Å². The molecule has 0 aromatic rings. The van der Waals surface area contributed by atoms with Crippen LogP contribution in [0.1, 0.15) is 54.4 Å². The number of carbonyl (C=O) groups excluding carboxylic acids is 1. The van der Waals surface area contributed by atoms with Crippen molar-refractivity contribution >= 4 is 5.91 Å². The molecule has 0 fully saturated rings. The zero-order chi connectivity index (χ0) is 16.4. The van der Waals surface area contributed by atoms with E-state index < -0.39 is 0 Å². The van der Waals surface area contributed by atoms with Gasteiger partial charge in [0, 0.05) is 25.3 Å². The highest BCUT2D eigenvalue weighted by atomic mass is 16.5. The molecule has 0 spiro atoms. The van der Waals surface area contributed by atoms with E-state index in [-0.39, 0.29) is 23.7 Å². The molecule has 0 radical (unpaired) electrons. The van der Waals surface area contributed by atoms with Crippen LogP contribution in [0.2, 0.25) is 0 Å². The van der Waals surface area contributed by atoms with Gasteiger partial charge in [-0.2, -0.15) is 0 Å². The molecule has 5 nitrogen and oxygen atoms in total. The van der Waals surface area contributed by atoms with Crippen LogP contribution in [0, 0.1) is 0 Å². The summed E-state index contributed by atoms with van der Waals surface area (Å²) in [6.45, 7) is 15.4. The van der Waals surface area contributed by atoms with Crippen LogP contribution in [0.25, 0.3) is 0 Å². The zero-order valence-electron chi connectivity index (χ0n) is 14.7. The SMILES string of the molecule is CC(C)(C)NCCCOCCCNC(=O)COC(C)(C)C. The topological polar surface area (TPSA) is 59.6 Å². The normalized spacial score (nSPS) is 12.5. The first-order valence-corrected chi connectivity index (χ1v) is 7.83. The van der Waals surface area contributed by atoms with E-state index in [0.717, 1.165) is 26.0 Å². The molecule has 126 valence electrons. The lowest BCUT2D eigenvalue weighted by molar-refractivity contribution is -0.130. The molecule has 0 aliphatic heterocycles. The highest BCUT2D eigenvalue weighted by Crippen LogP contribution is 2.05. The molecular formula is C16H34N2O3. The largest absolute Gasteiger partial charge is 0.381 e. The van der Waals surface area contributed by atoms with Gasteiger partial charge in [0.2, 0.25) is 5.91 Å².